The van der Waals surface area contributed by atoms with E-state index in [2.05, 4.69) is 17.2 Å². The van der Waals surface area contributed by atoms with Gasteiger partial charge in [-0.1, -0.05) is 56.9 Å². The summed E-state index contributed by atoms with van der Waals surface area (Å²) in [6.07, 6.45) is 5.99. The second-order valence-corrected chi connectivity index (χ2v) is 10.7. The number of carbonyl (C=O) groups is 2. The summed E-state index contributed by atoms with van der Waals surface area (Å²) in [5.41, 5.74) is 3.77. The van der Waals surface area contributed by atoms with Crippen LogP contribution in [0.2, 0.25) is 0 Å². The van der Waals surface area contributed by atoms with E-state index in [0.29, 0.717) is 22.4 Å². The van der Waals surface area contributed by atoms with Crippen LogP contribution in [0.1, 0.15) is 69.2 Å². The lowest BCUT2D eigenvalue weighted by Gasteiger charge is -2.28. The number of amides is 2. The number of anilines is 1. The van der Waals surface area contributed by atoms with Gasteiger partial charge in [0.25, 0.3) is 5.91 Å². The number of benzodiazepines with no additional fused rings is 1. The SMILES string of the molecule is CCCC[C@H](OC(C)=S)[C@@H](CC1CC1)C(=O)NC1N=C(c2ccc(C)cn2)c2ccccc2N(C)C1=O. The number of nitrogens with zero attached hydrogens (tertiary/aromatic N) is 3. The maximum atomic E-state index is 13.8. The highest BCUT2D eigenvalue weighted by Crippen LogP contribution is 2.38. The summed E-state index contributed by atoms with van der Waals surface area (Å²) in [6, 6.07) is 11.5. The molecule has 2 amide bonds. The Hall–Kier alpha value is -3.13. The third kappa shape index (κ3) is 6.60. The van der Waals surface area contributed by atoms with E-state index in [1.165, 1.54) is 0 Å². The molecule has 0 saturated heterocycles. The van der Waals surface area contributed by atoms with E-state index < -0.39 is 12.1 Å². The Bertz CT molecular complexity index is 1180. The van der Waals surface area contributed by atoms with Crippen LogP contribution in [0.5, 0.6) is 0 Å². The maximum absolute atomic E-state index is 13.8. The Morgan fingerprint density at radius 2 is 2.00 bits per heavy atom. The van der Waals surface area contributed by atoms with Crippen molar-refractivity contribution in [2.75, 3.05) is 11.9 Å². The summed E-state index contributed by atoms with van der Waals surface area (Å²) in [5, 5.41) is 3.41. The molecule has 3 atom stereocenters. The number of unbranched alkanes of at least 4 members (excludes halogenated alkanes) is 1. The van der Waals surface area contributed by atoms with Crippen LogP contribution in [-0.2, 0) is 14.3 Å². The quantitative estimate of drug-likeness (QED) is 0.447. The maximum Gasteiger partial charge on any atom is 0.272 e. The summed E-state index contributed by atoms with van der Waals surface area (Å²) in [4.78, 5) is 38.3. The Labute approximate surface area is 224 Å². The van der Waals surface area contributed by atoms with Gasteiger partial charge in [0, 0.05) is 25.7 Å². The van der Waals surface area contributed by atoms with Crippen molar-refractivity contribution in [3.63, 3.8) is 0 Å². The van der Waals surface area contributed by atoms with Crippen molar-refractivity contribution in [1.82, 2.24) is 10.3 Å². The minimum atomic E-state index is -1.08. The second kappa shape index (κ2) is 11.9. The third-order valence-corrected chi connectivity index (χ3v) is 7.10. The molecule has 1 aromatic carbocycles. The molecule has 2 aliphatic rings. The number of fused-ring (bicyclic) bond motifs is 1. The van der Waals surface area contributed by atoms with Crippen LogP contribution in [0.4, 0.5) is 5.69 Å². The van der Waals surface area contributed by atoms with Crippen molar-refractivity contribution in [3.05, 3.63) is 59.4 Å². The zero-order chi connectivity index (χ0) is 26.5. The molecule has 1 aliphatic heterocycles. The van der Waals surface area contributed by atoms with Gasteiger partial charge < -0.3 is 15.0 Å². The molecule has 4 rings (SSSR count). The number of pyridine rings is 1. The molecular formula is C29H36N4O3S. The third-order valence-electron chi connectivity index (χ3n) is 7.01. The zero-order valence-corrected chi connectivity index (χ0v) is 22.9. The van der Waals surface area contributed by atoms with Gasteiger partial charge in [0.15, 0.2) is 5.05 Å². The van der Waals surface area contributed by atoms with E-state index in [0.717, 1.165) is 55.3 Å². The number of para-hydroxylation sites is 1. The largest absolute Gasteiger partial charge is 0.483 e. The molecule has 37 heavy (non-hydrogen) atoms. The Morgan fingerprint density at radius 1 is 1.24 bits per heavy atom. The molecule has 0 bridgehead atoms. The molecule has 196 valence electrons. The molecule has 0 radical (unpaired) electrons. The van der Waals surface area contributed by atoms with Gasteiger partial charge in [-0.2, -0.15) is 0 Å². The van der Waals surface area contributed by atoms with E-state index in [1.54, 1.807) is 25.1 Å². The number of hydrogen-bond donors (Lipinski definition) is 1. The fourth-order valence-corrected chi connectivity index (χ4v) is 4.89. The lowest BCUT2D eigenvalue weighted by molar-refractivity contribution is -0.132. The second-order valence-electron chi connectivity index (χ2n) is 10.1. The van der Waals surface area contributed by atoms with E-state index in [-0.39, 0.29) is 17.9 Å². The van der Waals surface area contributed by atoms with Gasteiger partial charge >= 0.3 is 0 Å². The minimum Gasteiger partial charge on any atom is -0.483 e. The number of likely N-dealkylation sites (N-methyl/N-ethyl adjacent to an activating group) is 1. The fraction of sp³-hybridized carbons (Fsp3) is 0.483. The Morgan fingerprint density at radius 3 is 2.65 bits per heavy atom. The molecule has 0 spiro atoms. The normalized spacial score (nSPS) is 18.8. The van der Waals surface area contributed by atoms with Gasteiger partial charge in [0.05, 0.1) is 23.0 Å². The molecular weight excluding hydrogens is 484 g/mol. The first-order chi connectivity index (χ1) is 17.8. The van der Waals surface area contributed by atoms with Crippen LogP contribution in [0.25, 0.3) is 0 Å². The number of ether oxygens (including phenoxy) is 1. The van der Waals surface area contributed by atoms with E-state index >= 15 is 0 Å². The number of aliphatic imine (C=N–C) groups is 1. The van der Waals surface area contributed by atoms with Crippen LogP contribution in [0, 0.1) is 18.8 Å². The molecule has 1 N–H and O–H groups in total. The molecule has 7 nitrogen and oxygen atoms in total. The van der Waals surface area contributed by atoms with Crippen LogP contribution in [0.15, 0.2) is 47.6 Å². The monoisotopic (exact) mass is 520 g/mol. The van der Waals surface area contributed by atoms with Gasteiger partial charge in [0.2, 0.25) is 12.1 Å². The smallest absolute Gasteiger partial charge is 0.272 e. The number of nitrogens with one attached hydrogen (secondary N) is 1. The topological polar surface area (TPSA) is 83.9 Å². The number of thiocarbonyl (C=S) groups is 1. The molecule has 2 aromatic rings. The average Bonchev–Trinajstić information content (AvgIpc) is 3.72. The number of benzene rings is 1. The first kappa shape index (κ1) is 26.9. The van der Waals surface area contributed by atoms with Gasteiger partial charge in [-0.3, -0.25) is 14.6 Å². The van der Waals surface area contributed by atoms with Gasteiger partial charge in [-0.15, -0.1) is 0 Å². The number of carbonyl (C=O) groups excluding carboxylic acids is 2. The van der Waals surface area contributed by atoms with Crippen LogP contribution < -0.4 is 10.2 Å². The molecule has 8 heteroatoms. The molecule has 1 fully saturated rings. The summed E-state index contributed by atoms with van der Waals surface area (Å²) in [5.74, 6) is -0.426. The minimum absolute atomic E-state index is 0.220. The molecule has 2 heterocycles. The molecule has 1 saturated carbocycles. The zero-order valence-electron chi connectivity index (χ0n) is 22.1. The Balaban J connectivity index is 1.68. The summed E-state index contributed by atoms with van der Waals surface area (Å²) < 4.78 is 6.01. The highest BCUT2D eigenvalue weighted by molar-refractivity contribution is 7.80. The number of aromatic nitrogens is 1. The number of rotatable bonds is 10. The van der Waals surface area contributed by atoms with Gasteiger partial charge in [-0.25, -0.2) is 4.99 Å². The fourth-order valence-electron chi connectivity index (χ4n) is 4.77. The summed E-state index contributed by atoms with van der Waals surface area (Å²) in [6.45, 7) is 5.83. The molecule has 1 unspecified atom stereocenters. The van der Waals surface area contributed by atoms with Crippen LogP contribution >= 0.6 is 12.2 Å². The summed E-state index contributed by atoms with van der Waals surface area (Å²) >= 11 is 5.25. The highest BCUT2D eigenvalue weighted by Gasteiger charge is 2.38. The van der Waals surface area contributed by atoms with Crippen molar-refractivity contribution in [2.24, 2.45) is 16.8 Å². The van der Waals surface area contributed by atoms with Crippen molar-refractivity contribution in [1.29, 1.82) is 0 Å². The molecule has 1 aliphatic carbocycles. The number of aryl methyl sites for hydroxylation is 1. The van der Waals surface area contributed by atoms with Crippen LogP contribution in [0.3, 0.4) is 0 Å². The predicted molar refractivity (Wildman–Crippen MR) is 150 cm³/mol. The van der Waals surface area contributed by atoms with Crippen molar-refractivity contribution in [3.8, 4) is 0 Å². The molecule has 1 aromatic heterocycles. The van der Waals surface area contributed by atoms with Gasteiger partial charge in [0.1, 0.15) is 6.10 Å². The van der Waals surface area contributed by atoms with E-state index in [1.807, 2.05) is 43.3 Å². The lowest BCUT2D eigenvalue weighted by Crippen LogP contribution is -2.50. The van der Waals surface area contributed by atoms with E-state index in [9.17, 15) is 9.59 Å². The van der Waals surface area contributed by atoms with Crippen molar-refractivity contribution in [2.45, 2.75) is 71.6 Å². The van der Waals surface area contributed by atoms with E-state index in [4.69, 9.17) is 21.9 Å². The van der Waals surface area contributed by atoms with Crippen molar-refractivity contribution >= 4 is 40.5 Å². The standard InChI is InChI=1S/C29H36N4O3S/c1-5-6-11-25(36-19(3)37)22(16-20-13-14-20)28(34)32-27-29(35)33(4)24-10-8-7-9-21(24)26(31-27)23-15-12-18(2)17-30-23/h7-10,12,15,17,20,22,25,27H,5-6,11,13-14,16H2,1-4H3,(H,32,34)/t22-,25+,27?/m1/s1. The lowest BCUT2D eigenvalue weighted by atomic mass is 9.91. The summed E-state index contributed by atoms with van der Waals surface area (Å²) in [7, 11) is 1.71. The van der Waals surface area contributed by atoms with Crippen LogP contribution in [-0.4, -0.2) is 46.9 Å². The highest BCUT2D eigenvalue weighted by atomic mass is 32.1. The van der Waals surface area contributed by atoms with Crippen molar-refractivity contribution < 1.29 is 14.3 Å². The first-order valence-corrected chi connectivity index (χ1v) is 13.5. The average molecular weight is 521 g/mol. The number of hydrogen-bond acceptors (Lipinski definition) is 6. The first-order valence-electron chi connectivity index (χ1n) is 13.1. The predicted octanol–water partition coefficient (Wildman–Crippen LogP) is 4.99. The Kier molecular flexibility index (Phi) is 8.69. The van der Waals surface area contributed by atoms with Gasteiger partial charge in [-0.05, 0) is 55.6 Å².